The highest BCUT2D eigenvalue weighted by Crippen LogP contribution is 2.56. The van der Waals surface area contributed by atoms with Crippen LogP contribution in [0, 0.1) is 5.92 Å². The summed E-state index contributed by atoms with van der Waals surface area (Å²) in [4.78, 5) is 12.5. The zero-order valence-electron chi connectivity index (χ0n) is 22.1. The quantitative estimate of drug-likeness (QED) is 0.488. The van der Waals surface area contributed by atoms with Crippen LogP contribution in [0.5, 0.6) is 34.5 Å². The third-order valence-corrected chi connectivity index (χ3v) is 6.82. The van der Waals surface area contributed by atoms with Crippen molar-refractivity contribution >= 4 is 5.97 Å². The first kappa shape index (κ1) is 26.3. The monoisotopic (exact) mass is 488 g/mol. The van der Waals surface area contributed by atoms with Gasteiger partial charge in [0, 0.05) is 29.9 Å². The molecule has 0 amide bonds. The molecule has 8 nitrogen and oxygen atoms in total. The zero-order valence-corrected chi connectivity index (χ0v) is 22.1. The molecule has 8 heteroatoms. The molecule has 1 aliphatic carbocycles. The van der Waals surface area contributed by atoms with Crippen LogP contribution in [-0.2, 0) is 22.4 Å². The standard InChI is InChI=1S/C27H36O8/c1-10-20(28)35-27(3)14-17-13-19(30-5)24(32-7)26(34-9)22(17)21-16(11-15(27)2)12-18(29-4)23(31-6)25(21)33-8/h12-13,15H,10-11,14H2,1-9H3/t15-,27-/m1/s1. The highest BCUT2D eigenvalue weighted by molar-refractivity contribution is 5.88. The molecule has 0 fully saturated rings. The molecular formula is C27H36O8. The van der Waals surface area contributed by atoms with Crippen molar-refractivity contribution in [3.05, 3.63) is 23.3 Å². The molecule has 0 aromatic heterocycles. The molecule has 0 saturated carbocycles. The predicted molar refractivity (Wildman–Crippen MR) is 133 cm³/mol. The molecule has 2 aromatic rings. The lowest BCUT2D eigenvalue weighted by molar-refractivity contribution is -0.163. The van der Waals surface area contributed by atoms with Crippen molar-refractivity contribution in [2.45, 2.75) is 45.6 Å². The van der Waals surface area contributed by atoms with E-state index in [0.29, 0.717) is 53.8 Å². The van der Waals surface area contributed by atoms with Gasteiger partial charge in [0.2, 0.25) is 11.5 Å². The van der Waals surface area contributed by atoms with Crippen LogP contribution in [0.1, 0.15) is 38.3 Å². The van der Waals surface area contributed by atoms with Crippen molar-refractivity contribution in [2.75, 3.05) is 42.7 Å². The van der Waals surface area contributed by atoms with Crippen molar-refractivity contribution < 1.29 is 38.0 Å². The molecular weight excluding hydrogens is 452 g/mol. The summed E-state index contributed by atoms with van der Waals surface area (Å²) in [6.07, 6.45) is 1.32. The smallest absolute Gasteiger partial charge is 0.306 e. The van der Waals surface area contributed by atoms with Crippen LogP contribution in [0.15, 0.2) is 12.1 Å². The summed E-state index contributed by atoms with van der Waals surface area (Å²) in [7, 11) is 9.49. The third-order valence-electron chi connectivity index (χ3n) is 6.82. The van der Waals surface area contributed by atoms with Crippen molar-refractivity contribution in [1.29, 1.82) is 0 Å². The zero-order chi connectivity index (χ0) is 25.9. The second-order valence-electron chi connectivity index (χ2n) is 8.78. The first-order valence-corrected chi connectivity index (χ1v) is 11.6. The lowest BCUT2D eigenvalue weighted by Gasteiger charge is -2.39. The van der Waals surface area contributed by atoms with E-state index < -0.39 is 5.60 Å². The van der Waals surface area contributed by atoms with Gasteiger partial charge in [-0.1, -0.05) is 13.8 Å². The summed E-state index contributed by atoms with van der Waals surface area (Å²) >= 11 is 0. The van der Waals surface area contributed by atoms with Crippen molar-refractivity contribution in [3.63, 3.8) is 0 Å². The Morgan fingerprint density at radius 1 is 0.800 bits per heavy atom. The Morgan fingerprint density at radius 2 is 1.26 bits per heavy atom. The molecule has 0 spiro atoms. The minimum Gasteiger partial charge on any atom is -0.493 e. The molecule has 0 bridgehead atoms. The van der Waals surface area contributed by atoms with E-state index in [4.69, 9.17) is 33.2 Å². The maximum atomic E-state index is 12.5. The fourth-order valence-electron chi connectivity index (χ4n) is 4.83. The number of methoxy groups -OCH3 is 6. The topological polar surface area (TPSA) is 81.7 Å². The number of hydrogen-bond acceptors (Lipinski definition) is 8. The summed E-state index contributed by atoms with van der Waals surface area (Å²) in [5.41, 5.74) is 2.60. The Hall–Kier alpha value is -3.29. The number of benzene rings is 2. The Labute approximate surface area is 207 Å². The first-order chi connectivity index (χ1) is 16.7. The number of carbonyl (C=O) groups is 1. The van der Waals surface area contributed by atoms with Gasteiger partial charge in [0.1, 0.15) is 5.60 Å². The van der Waals surface area contributed by atoms with E-state index in [1.54, 1.807) is 49.6 Å². The molecule has 0 radical (unpaired) electrons. The molecule has 2 aromatic carbocycles. The minimum absolute atomic E-state index is 0.0354. The van der Waals surface area contributed by atoms with Gasteiger partial charge in [-0.05, 0) is 36.6 Å². The summed E-state index contributed by atoms with van der Waals surface area (Å²) in [6, 6.07) is 3.85. The van der Waals surface area contributed by atoms with E-state index >= 15 is 0 Å². The average molecular weight is 489 g/mol. The largest absolute Gasteiger partial charge is 0.493 e. The molecule has 35 heavy (non-hydrogen) atoms. The van der Waals surface area contributed by atoms with Gasteiger partial charge in [-0.25, -0.2) is 0 Å². The predicted octanol–water partition coefficient (Wildman–Crippen LogP) is 4.85. The number of fused-ring (bicyclic) bond motifs is 3. The van der Waals surface area contributed by atoms with E-state index in [0.717, 1.165) is 22.3 Å². The molecule has 0 heterocycles. The second-order valence-corrected chi connectivity index (χ2v) is 8.78. The number of esters is 1. The normalized spacial score (nSPS) is 18.8. The fourth-order valence-corrected chi connectivity index (χ4v) is 4.83. The molecule has 192 valence electrons. The molecule has 2 atom stereocenters. The van der Waals surface area contributed by atoms with Gasteiger partial charge >= 0.3 is 5.97 Å². The first-order valence-electron chi connectivity index (χ1n) is 11.6. The van der Waals surface area contributed by atoms with E-state index in [9.17, 15) is 4.79 Å². The maximum absolute atomic E-state index is 12.5. The number of rotatable bonds is 8. The summed E-state index contributed by atoms with van der Waals surface area (Å²) in [5.74, 6) is 2.72. The third kappa shape index (κ3) is 4.54. The molecule has 1 aliphatic rings. The van der Waals surface area contributed by atoms with Crippen LogP contribution in [-0.4, -0.2) is 54.2 Å². The highest BCUT2D eigenvalue weighted by Gasteiger charge is 2.41. The van der Waals surface area contributed by atoms with Crippen LogP contribution in [0.3, 0.4) is 0 Å². The lowest BCUT2D eigenvalue weighted by Crippen LogP contribution is -2.42. The van der Waals surface area contributed by atoms with Gasteiger partial charge in [0.05, 0.1) is 42.7 Å². The number of ether oxygens (including phenoxy) is 7. The van der Waals surface area contributed by atoms with Crippen LogP contribution in [0.25, 0.3) is 11.1 Å². The van der Waals surface area contributed by atoms with Gasteiger partial charge in [0.15, 0.2) is 23.0 Å². The minimum atomic E-state index is -0.787. The number of carbonyl (C=O) groups excluding carboxylic acids is 1. The second kappa shape index (κ2) is 10.5. The van der Waals surface area contributed by atoms with Crippen LogP contribution in [0.4, 0.5) is 0 Å². The van der Waals surface area contributed by atoms with E-state index in [1.807, 2.05) is 19.1 Å². The van der Waals surface area contributed by atoms with Gasteiger partial charge in [-0.2, -0.15) is 0 Å². The molecule has 0 unspecified atom stereocenters. The molecule has 3 rings (SSSR count). The van der Waals surface area contributed by atoms with Crippen LogP contribution < -0.4 is 28.4 Å². The Bertz CT molecular complexity index is 1090. The van der Waals surface area contributed by atoms with E-state index in [-0.39, 0.29) is 11.9 Å². The molecule has 0 N–H and O–H groups in total. The van der Waals surface area contributed by atoms with Crippen LogP contribution in [0.2, 0.25) is 0 Å². The average Bonchev–Trinajstić information content (AvgIpc) is 2.86. The van der Waals surface area contributed by atoms with Gasteiger partial charge < -0.3 is 33.2 Å². The Morgan fingerprint density at radius 3 is 1.69 bits per heavy atom. The van der Waals surface area contributed by atoms with Crippen molar-refractivity contribution in [1.82, 2.24) is 0 Å². The number of hydrogen-bond donors (Lipinski definition) is 0. The van der Waals surface area contributed by atoms with Gasteiger partial charge in [0.25, 0.3) is 0 Å². The van der Waals surface area contributed by atoms with Gasteiger partial charge in [-0.3, -0.25) is 4.79 Å². The molecule has 0 saturated heterocycles. The Balaban J connectivity index is 2.50. The van der Waals surface area contributed by atoms with E-state index in [1.165, 1.54) is 0 Å². The molecule has 0 aliphatic heterocycles. The Kier molecular flexibility index (Phi) is 7.93. The SMILES string of the molecule is CCC(=O)O[C@]1(C)Cc2cc(OC)c(OC)c(OC)c2-c2c(cc(OC)c(OC)c2OC)C[C@H]1C. The van der Waals surface area contributed by atoms with E-state index in [2.05, 4.69) is 6.92 Å². The fraction of sp³-hybridized carbons (Fsp3) is 0.519. The summed E-state index contributed by atoms with van der Waals surface area (Å²) < 4.78 is 40.6. The van der Waals surface area contributed by atoms with Crippen molar-refractivity contribution in [2.24, 2.45) is 5.92 Å². The van der Waals surface area contributed by atoms with Crippen LogP contribution >= 0.6 is 0 Å². The lowest BCUT2D eigenvalue weighted by atomic mass is 9.74. The summed E-state index contributed by atoms with van der Waals surface area (Å²) in [6.45, 7) is 5.85. The summed E-state index contributed by atoms with van der Waals surface area (Å²) in [5, 5.41) is 0. The maximum Gasteiger partial charge on any atom is 0.306 e. The van der Waals surface area contributed by atoms with Crippen molar-refractivity contribution in [3.8, 4) is 45.6 Å². The van der Waals surface area contributed by atoms with Gasteiger partial charge in [-0.15, -0.1) is 0 Å². The highest BCUT2D eigenvalue weighted by atomic mass is 16.6.